The van der Waals surface area contributed by atoms with Gasteiger partial charge in [0.1, 0.15) is 5.75 Å². The van der Waals surface area contributed by atoms with Crippen LogP contribution in [0.1, 0.15) is 51.9 Å². The smallest absolute Gasteiger partial charge is 0.309 e. The number of rotatable bonds is 7. The monoisotopic (exact) mass is 384 g/mol. The maximum absolute atomic E-state index is 12.4. The van der Waals surface area contributed by atoms with Gasteiger partial charge in [-0.2, -0.15) is 0 Å². The molecule has 0 N–H and O–H groups in total. The van der Waals surface area contributed by atoms with Crippen LogP contribution in [0.2, 0.25) is 0 Å². The molecule has 1 aromatic carbocycles. The lowest BCUT2D eigenvalue weighted by Gasteiger charge is -2.31. The number of hydrogen-bond donors (Lipinski definition) is 0. The molecule has 6 nitrogen and oxygen atoms in total. The molecule has 1 amide bonds. The summed E-state index contributed by atoms with van der Waals surface area (Å²) >= 11 is 0. The van der Waals surface area contributed by atoms with Gasteiger partial charge in [-0.1, -0.05) is 19.3 Å². The quantitative estimate of drug-likeness (QED) is 0.531. The summed E-state index contributed by atoms with van der Waals surface area (Å²) in [4.78, 5) is 29.6. The minimum atomic E-state index is -0.393. The maximum atomic E-state index is 12.4. The van der Waals surface area contributed by atoms with Gasteiger partial charge in [0, 0.05) is 37.9 Å². The summed E-state index contributed by atoms with van der Waals surface area (Å²) in [7, 11) is 1.93. The highest BCUT2D eigenvalue weighted by atomic mass is 16.5. The number of aromatic nitrogens is 1. The normalized spacial score (nSPS) is 14.6. The number of hydrogen-bond acceptors (Lipinski definition) is 5. The van der Waals surface area contributed by atoms with Crippen molar-refractivity contribution in [3.63, 3.8) is 0 Å². The standard InChI is InChI=1S/C22H28N2O4/c1-16(25)28-21-13-10-17-15-19(11-12-20(17)23-21)27-14-6-9-22(26)24(2)18-7-4-3-5-8-18/h10-13,15,18H,3-9,14H2,1-2H3. The second-order valence-corrected chi connectivity index (χ2v) is 7.35. The van der Waals surface area contributed by atoms with Gasteiger partial charge < -0.3 is 14.4 Å². The predicted octanol–water partition coefficient (Wildman–Crippen LogP) is 4.11. The van der Waals surface area contributed by atoms with Gasteiger partial charge in [-0.05, 0) is 43.5 Å². The van der Waals surface area contributed by atoms with Crippen LogP contribution in [0.4, 0.5) is 0 Å². The van der Waals surface area contributed by atoms with Crippen molar-refractivity contribution in [2.75, 3.05) is 13.7 Å². The van der Waals surface area contributed by atoms with Gasteiger partial charge in [0.05, 0.1) is 12.1 Å². The Morgan fingerprint density at radius 3 is 2.68 bits per heavy atom. The molecule has 0 spiro atoms. The van der Waals surface area contributed by atoms with E-state index in [2.05, 4.69) is 4.98 Å². The molecule has 1 aromatic heterocycles. The van der Waals surface area contributed by atoms with Gasteiger partial charge >= 0.3 is 5.97 Å². The van der Waals surface area contributed by atoms with E-state index < -0.39 is 5.97 Å². The van der Waals surface area contributed by atoms with Crippen LogP contribution in [0, 0.1) is 0 Å². The topological polar surface area (TPSA) is 68.7 Å². The van der Waals surface area contributed by atoms with Crippen LogP contribution in [0.15, 0.2) is 30.3 Å². The van der Waals surface area contributed by atoms with Gasteiger partial charge in [0.2, 0.25) is 11.8 Å². The van der Waals surface area contributed by atoms with Crippen molar-refractivity contribution in [1.29, 1.82) is 0 Å². The van der Waals surface area contributed by atoms with Crippen molar-refractivity contribution in [2.45, 2.75) is 57.9 Å². The first-order valence-corrected chi connectivity index (χ1v) is 10.0. The van der Waals surface area contributed by atoms with Gasteiger partial charge in [0.15, 0.2) is 0 Å². The fourth-order valence-electron chi connectivity index (χ4n) is 3.64. The Hall–Kier alpha value is -2.63. The number of pyridine rings is 1. The van der Waals surface area contributed by atoms with Gasteiger partial charge in [-0.25, -0.2) is 4.98 Å². The molecule has 2 aromatic rings. The lowest BCUT2D eigenvalue weighted by molar-refractivity contribution is -0.133. The average molecular weight is 384 g/mol. The van der Waals surface area contributed by atoms with Gasteiger partial charge in [-0.3, -0.25) is 9.59 Å². The zero-order chi connectivity index (χ0) is 19.9. The van der Waals surface area contributed by atoms with E-state index in [1.54, 1.807) is 6.07 Å². The Labute approximate surface area is 165 Å². The Kier molecular flexibility index (Phi) is 6.85. The van der Waals surface area contributed by atoms with E-state index in [1.807, 2.05) is 36.2 Å². The first kappa shape index (κ1) is 20.1. The summed E-state index contributed by atoms with van der Waals surface area (Å²) in [5.41, 5.74) is 0.732. The van der Waals surface area contributed by atoms with Crippen molar-refractivity contribution >= 4 is 22.8 Å². The first-order valence-electron chi connectivity index (χ1n) is 10.0. The number of amides is 1. The van der Waals surface area contributed by atoms with E-state index >= 15 is 0 Å². The lowest BCUT2D eigenvalue weighted by atomic mass is 9.94. The minimum absolute atomic E-state index is 0.205. The molecule has 1 saturated carbocycles. The number of ether oxygens (including phenoxy) is 2. The van der Waals surface area contributed by atoms with Crippen LogP contribution < -0.4 is 9.47 Å². The molecule has 6 heteroatoms. The molecular weight excluding hydrogens is 356 g/mol. The van der Waals surface area contributed by atoms with Crippen molar-refractivity contribution in [1.82, 2.24) is 9.88 Å². The van der Waals surface area contributed by atoms with E-state index in [-0.39, 0.29) is 11.8 Å². The fourth-order valence-corrected chi connectivity index (χ4v) is 3.64. The maximum Gasteiger partial charge on any atom is 0.309 e. The van der Waals surface area contributed by atoms with E-state index in [4.69, 9.17) is 9.47 Å². The molecule has 28 heavy (non-hydrogen) atoms. The van der Waals surface area contributed by atoms with Crippen LogP contribution in [-0.4, -0.2) is 41.5 Å². The van der Waals surface area contributed by atoms with Crippen molar-refractivity contribution in [3.8, 4) is 11.6 Å². The molecule has 1 heterocycles. The molecule has 3 rings (SSSR count). The van der Waals surface area contributed by atoms with Gasteiger partial charge in [0.25, 0.3) is 0 Å². The van der Waals surface area contributed by atoms with Crippen LogP contribution in [-0.2, 0) is 9.59 Å². The molecule has 1 fully saturated rings. The van der Waals surface area contributed by atoms with E-state index in [9.17, 15) is 9.59 Å². The van der Waals surface area contributed by atoms with E-state index in [0.717, 1.165) is 29.5 Å². The zero-order valence-corrected chi connectivity index (χ0v) is 16.6. The molecule has 0 aliphatic heterocycles. The summed E-state index contributed by atoms with van der Waals surface area (Å²) in [5, 5.41) is 0.904. The molecule has 0 bridgehead atoms. The highest BCUT2D eigenvalue weighted by Crippen LogP contribution is 2.23. The van der Waals surface area contributed by atoms with E-state index in [1.165, 1.54) is 26.2 Å². The second-order valence-electron chi connectivity index (χ2n) is 7.35. The minimum Gasteiger partial charge on any atom is -0.494 e. The summed E-state index contributed by atoms with van der Waals surface area (Å²) in [6, 6.07) is 9.48. The number of fused-ring (bicyclic) bond motifs is 1. The zero-order valence-electron chi connectivity index (χ0n) is 16.6. The van der Waals surface area contributed by atoms with Crippen LogP contribution in [0.3, 0.4) is 0 Å². The van der Waals surface area contributed by atoms with Gasteiger partial charge in [-0.15, -0.1) is 0 Å². The number of nitrogens with zero attached hydrogens (tertiary/aromatic N) is 2. The first-order chi connectivity index (χ1) is 13.5. The van der Waals surface area contributed by atoms with Crippen LogP contribution >= 0.6 is 0 Å². The largest absolute Gasteiger partial charge is 0.494 e. The fraction of sp³-hybridized carbons (Fsp3) is 0.500. The Morgan fingerprint density at radius 2 is 1.93 bits per heavy atom. The molecule has 150 valence electrons. The Bertz CT molecular complexity index is 830. The second kappa shape index (κ2) is 9.53. The predicted molar refractivity (Wildman–Crippen MR) is 107 cm³/mol. The SMILES string of the molecule is CC(=O)Oc1ccc2cc(OCCCC(=O)N(C)C3CCCCC3)ccc2n1. The molecule has 0 atom stereocenters. The highest BCUT2D eigenvalue weighted by Gasteiger charge is 2.21. The van der Waals surface area contributed by atoms with Crippen molar-refractivity contribution < 1.29 is 19.1 Å². The highest BCUT2D eigenvalue weighted by molar-refractivity contribution is 5.81. The summed E-state index contributed by atoms with van der Waals surface area (Å²) in [6.07, 6.45) is 7.20. The lowest BCUT2D eigenvalue weighted by Crippen LogP contribution is -2.38. The molecule has 0 saturated heterocycles. The third-order valence-corrected chi connectivity index (χ3v) is 5.20. The summed E-state index contributed by atoms with van der Waals surface area (Å²) in [5.74, 6) is 0.837. The third kappa shape index (κ3) is 5.44. The number of benzene rings is 1. The molecule has 0 unspecified atom stereocenters. The van der Waals surface area contributed by atoms with Crippen molar-refractivity contribution in [2.24, 2.45) is 0 Å². The molecule has 1 aliphatic carbocycles. The molecule has 1 aliphatic rings. The van der Waals surface area contributed by atoms with E-state index in [0.29, 0.717) is 25.5 Å². The summed E-state index contributed by atoms with van der Waals surface area (Å²) < 4.78 is 10.8. The average Bonchev–Trinajstić information content (AvgIpc) is 2.70. The third-order valence-electron chi connectivity index (χ3n) is 5.20. The Balaban J connectivity index is 1.47. The van der Waals surface area contributed by atoms with Crippen LogP contribution in [0.5, 0.6) is 11.6 Å². The van der Waals surface area contributed by atoms with Crippen LogP contribution in [0.25, 0.3) is 10.9 Å². The number of esters is 1. The van der Waals surface area contributed by atoms with Crippen molar-refractivity contribution in [3.05, 3.63) is 30.3 Å². The molecule has 0 radical (unpaired) electrons. The molecular formula is C22H28N2O4. The number of carbonyl (C=O) groups is 2. The Morgan fingerprint density at radius 1 is 1.14 bits per heavy atom. The summed E-state index contributed by atoms with van der Waals surface area (Å²) in [6.45, 7) is 1.84. The number of carbonyl (C=O) groups excluding carboxylic acids is 2.